The molecule has 2 rings (SSSR count). The Morgan fingerprint density at radius 3 is 2.78 bits per heavy atom. The van der Waals surface area contributed by atoms with Crippen LogP contribution in [0.15, 0.2) is 4.99 Å². The highest BCUT2D eigenvalue weighted by Crippen LogP contribution is 2.48. The van der Waals surface area contributed by atoms with Crippen molar-refractivity contribution in [2.45, 2.75) is 52.0 Å². The second kappa shape index (κ2) is 8.52. The van der Waals surface area contributed by atoms with Gasteiger partial charge in [0.2, 0.25) is 5.91 Å². The van der Waals surface area contributed by atoms with E-state index in [1.54, 1.807) is 7.11 Å². The number of nitrogens with zero attached hydrogens (tertiary/aromatic N) is 2. The van der Waals surface area contributed by atoms with Crippen molar-refractivity contribution < 1.29 is 9.53 Å². The molecule has 1 saturated carbocycles. The van der Waals surface area contributed by atoms with Crippen molar-refractivity contribution in [1.82, 2.24) is 15.5 Å². The summed E-state index contributed by atoms with van der Waals surface area (Å²) in [5, 5.41) is 6.82. The van der Waals surface area contributed by atoms with Gasteiger partial charge in [-0.25, -0.2) is 0 Å². The number of methoxy groups -OCH3 is 1. The molecule has 0 aromatic heterocycles. The summed E-state index contributed by atoms with van der Waals surface area (Å²) >= 11 is 0. The van der Waals surface area contributed by atoms with Crippen molar-refractivity contribution in [1.29, 1.82) is 0 Å². The molecular formula is C17H32N4O2. The number of carbonyl (C=O) groups is 1. The molecule has 2 N–H and O–H groups in total. The molecule has 6 heteroatoms. The Labute approximate surface area is 140 Å². The third kappa shape index (κ3) is 5.37. The minimum Gasteiger partial charge on any atom is -0.385 e. The van der Waals surface area contributed by atoms with Crippen LogP contribution in [0.3, 0.4) is 0 Å². The summed E-state index contributed by atoms with van der Waals surface area (Å²) < 4.78 is 5.21. The average molecular weight is 324 g/mol. The van der Waals surface area contributed by atoms with E-state index in [1.807, 2.05) is 11.8 Å². The van der Waals surface area contributed by atoms with Gasteiger partial charge in [-0.1, -0.05) is 6.92 Å². The normalized spacial score (nSPS) is 23.0. The highest BCUT2D eigenvalue weighted by atomic mass is 16.5. The number of rotatable bonds is 8. The van der Waals surface area contributed by atoms with E-state index < -0.39 is 0 Å². The fraction of sp³-hybridized carbons (Fsp3) is 0.882. The maximum Gasteiger partial charge on any atom is 0.222 e. The Bertz CT molecular complexity index is 421. The molecule has 1 atom stereocenters. The third-order valence-corrected chi connectivity index (χ3v) is 4.89. The van der Waals surface area contributed by atoms with Gasteiger partial charge in [-0.3, -0.25) is 9.79 Å². The largest absolute Gasteiger partial charge is 0.385 e. The van der Waals surface area contributed by atoms with Crippen LogP contribution in [0.5, 0.6) is 0 Å². The van der Waals surface area contributed by atoms with Gasteiger partial charge in [-0.2, -0.15) is 0 Å². The fourth-order valence-corrected chi connectivity index (χ4v) is 3.07. The van der Waals surface area contributed by atoms with Gasteiger partial charge in [0.05, 0.1) is 0 Å². The number of hydrogen-bond donors (Lipinski definition) is 2. The average Bonchev–Trinajstić information content (AvgIpc) is 3.19. The van der Waals surface area contributed by atoms with Crippen LogP contribution in [0.2, 0.25) is 0 Å². The molecule has 1 unspecified atom stereocenters. The molecule has 0 spiro atoms. The van der Waals surface area contributed by atoms with E-state index in [0.717, 1.165) is 51.6 Å². The van der Waals surface area contributed by atoms with Gasteiger partial charge in [0, 0.05) is 52.4 Å². The smallest absolute Gasteiger partial charge is 0.222 e. The molecule has 132 valence electrons. The Kier molecular flexibility index (Phi) is 6.69. The number of aliphatic imine (C=N–C) groups is 1. The number of carbonyl (C=O) groups excluding carboxylic acids is 1. The first-order valence-electron chi connectivity index (χ1n) is 8.94. The highest BCUT2D eigenvalue weighted by molar-refractivity contribution is 5.80. The van der Waals surface area contributed by atoms with Crippen molar-refractivity contribution in [3.8, 4) is 0 Å². The summed E-state index contributed by atoms with van der Waals surface area (Å²) in [6, 6.07) is 0.303. The lowest BCUT2D eigenvalue weighted by Gasteiger charge is -2.19. The van der Waals surface area contributed by atoms with Gasteiger partial charge >= 0.3 is 0 Å². The lowest BCUT2D eigenvalue weighted by molar-refractivity contribution is -0.129. The van der Waals surface area contributed by atoms with E-state index in [-0.39, 0.29) is 5.91 Å². The van der Waals surface area contributed by atoms with E-state index in [1.165, 1.54) is 12.8 Å². The van der Waals surface area contributed by atoms with Crippen molar-refractivity contribution in [3.05, 3.63) is 0 Å². The molecule has 1 aliphatic carbocycles. The zero-order valence-corrected chi connectivity index (χ0v) is 14.9. The van der Waals surface area contributed by atoms with Gasteiger partial charge in [0.1, 0.15) is 0 Å². The number of guanidine groups is 1. The van der Waals surface area contributed by atoms with Crippen LogP contribution in [-0.4, -0.2) is 62.7 Å². The van der Waals surface area contributed by atoms with E-state index in [0.29, 0.717) is 17.9 Å². The molecule has 2 fully saturated rings. The quantitative estimate of drug-likeness (QED) is 0.523. The van der Waals surface area contributed by atoms with Crippen LogP contribution in [0.4, 0.5) is 0 Å². The summed E-state index contributed by atoms with van der Waals surface area (Å²) in [5.41, 5.74) is 0.359. The van der Waals surface area contributed by atoms with Crippen LogP contribution in [-0.2, 0) is 9.53 Å². The van der Waals surface area contributed by atoms with Gasteiger partial charge in [-0.15, -0.1) is 0 Å². The third-order valence-electron chi connectivity index (χ3n) is 4.89. The molecule has 0 bridgehead atoms. The summed E-state index contributed by atoms with van der Waals surface area (Å²) in [6.45, 7) is 8.15. The summed E-state index contributed by atoms with van der Waals surface area (Å²) in [7, 11) is 1.76. The standard InChI is InChI=1S/C17H32N4O2/c1-4-15(22)21-10-6-14(12-21)20-16(18-5-2)19-13-17(7-8-17)9-11-23-3/h14H,4-13H2,1-3H3,(H2,18,19,20). The fourth-order valence-electron chi connectivity index (χ4n) is 3.07. The monoisotopic (exact) mass is 324 g/mol. The maximum atomic E-state index is 11.8. The van der Waals surface area contributed by atoms with Crippen molar-refractivity contribution in [2.75, 3.05) is 39.9 Å². The minimum atomic E-state index is 0.243. The molecule has 0 aromatic carbocycles. The zero-order valence-electron chi connectivity index (χ0n) is 14.9. The number of nitrogens with one attached hydrogen (secondary N) is 2. The van der Waals surface area contributed by atoms with E-state index in [2.05, 4.69) is 17.6 Å². The predicted octanol–water partition coefficient (Wildman–Crippen LogP) is 1.37. The second-order valence-corrected chi connectivity index (χ2v) is 6.76. The van der Waals surface area contributed by atoms with Crippen molar-refractivity contribution >= 4 is 11.9 Å². The Hall–Kier alpha value is -1.30. The molecule has 1 amide bonds. The van der Waals surface area contributed by atoms with Crippen LogP contribution < -0.4 is 10.6 Å². The molecule has 1 heterocycles. The lowest BCUT2D eigenvalue weighted by Crippen LogP contribution is -2.45. The summed E-state index contributed by atoms with van der Waals surface area (Å²) in [5.74, 6) is 1.12. The van der Waals surface area contributed by atoms with Gasteiger partial charge in [0.25, 0.3) is 0 Å². The first kappa shape index (κ1) is 18.0. The molecular weight excluding hydrogens is 292 g/mol. The van der Waals surface area contributed by atoms with Gasteiger partial charge in [-0.05, 0) is 38.0 Å². The van der Waals surface area contributed by atoms with Crippen LogP contribution in [0.1, 0.15) is 46.0 Å². The van der Waals surface area contributed by atoms with Gasteiger partial charge in [0.15, 0.2) is 5.96 Å². The number of likely N-dealkylation sites (tertiary alicyclic amines) is 1. The molecule has 0 radical (unpaired) electrons. The Morgan fingerprint density at radius 1 is 1.39 bits per heavy atom. The van der Waals surface area contributed by atoms with Gasteiger partial charge < -0.3 is 20.3 Å². The molecule has 2 aliphatic rings. The predicted molar refractivity (Wildman–Crippen MR) is 92.6 cm³/mol. The Morgan fingerprint density at radius 2 is 2.17 bits per heavy atom. The number of hydrogen-bond acceptors (Lipinski definition) is 3. The van der Waals surface area contributed by atoms with E-state index in [9.17, 15) is 4.79 Å². The maximum absolute atomic E-state index is 11.8. The molecule has 1 saturated heterocycles. The first-order valence-corrected chi connectivity index (χ1v) is 8.94. The highest BCUT2D eigenvalue weighted by Gasteiger charge is 2.41. The topological polar surface area (TPSA) is 66.0 Å². The molecule has 23 heavy (non-hydrogen) atoms. The lowest BCUT2D eigenvalue weighted by atomic mass is 10.0. The zero-order chi connectivity index (χ0) is 16.7. The van der Waals surface area contributed by atoms with E-state index in [4.69, 9.17) is 9.73 Å². The summed E-state index contributed by atoms with van der Waals surface area (Å²) in [6.07, 6.45) is 5.17. The minimum absolute atomic E-state index is 0.243. The molecule has 1 aliphatic heterocycles. The molecule has 0 aromatic rings. The van der Waals surface area contributed by atoms with E-state index >= 15 is 0 Å². The Balaban J connectivity index is 1.84. The second-order valence-electron chi connectivity index (χ2n) is 6.76. The SMILES string of the molecule is CCNC(=NCC1(CCOC)CC1)NC1CCN(C(=O)CC)C1. The van der Waals surface area contributed by atoms with Crippen molar-refractivity contribution in [3.63, 3.8) is 0 Å². The first-order chi connectivity index (χ1) is 11.1. The summed E-state index contributed by atoms with van der Waals surface area (Å²) in [4.78, 5) is 18.5. The van der Waals surface area contributed by atoms with Crippen LogP contribution in [0, 0.1) is 5.41 Å². The van der Waals surface area contributed by atoms with Crippen LogP contribution >= 0.6 is 0 Å². The molecule has 6 nitrogen and oxygen atoms in total. The number of ether oxygens (including phenoxy) is 1. The number of amides is 1. The van der Waals surface area contributed by atoms with Crippen molar-refractivity contribution in [2.24, 2.45) is 10.4 Å². The van der Waals surface area contributed by atoms with Crippen LogP contribution in [0.25, 0.3) is 0 Å².